The van der Waals surface area contributed by atoms with Gasteiger partial charge in [-0.2, -0.15) is 0 Å². The van der Waals surface area contributed by atoms with Crippen LogP contribution in [0, 0.1) is 10.1 Å². The number of primary sulfonamides is 1. The summed E-state index contributed by atoms with van der Waals surface area (Å²) in [6.45, 7) is 3.75. The molecule has 0 fully saturated rings. The lowest BCUT2D eigenvalue weighted by Crippen LogP contribution is -2.16. The van der Waals surface area contributed by atoms with Crippen LogP contribution in [0.1, 0.15) is 37.8 Å². The lowest BCUT2D eigenvalue weighted by atomic mass is 10.0. The molecule has 0 unspecified atom stereocenters. The van der Waals surface area contributed by atoms with Gasteiger partial charge in [0.05, 0.1) is 9.82 Å². The number of benzene rings is 1. The van der Waals surface area contributed by atoms with Crippen LogP contribution >= 0.6 is 0 Å². The van der Waals surface area contributed by atoms with E-state index in [0.717, 1.165) is 6.42 Å². The summed E-state index contributed by atoms with van der Waals surface area (Å²) in [5, 5.41) is 16.3. The van der Waals surface area contributed by atoms with E-state index in [1.807, 2.05) is 13.8 Å². The van der Waals surface area contributed by atoms with E-state index >= 15 is 0 Å². The second-order valence-corrected chi connectivity index (χ2v) is 5.92. The molecule has 0 aromatic heterocycles. The van der Waals surface area contributed by atoms with Crippen LogP contribution in [-0.4, -0.2) is 13.3 Å². The molecule has 0 saturated heterocycles. The Morgan fingerprint density at radius 1 is 1.21 bits per heavy atom. The van der Waals surface area contributed by atoms with Crippen LogP contribution in [0.5, 0.6) is 0 Å². The Morgan fingerprint density at radius 2 is 1.79 bits per heavy atom. The van der Waals surface area contributed by atoms with Crippen LogP contribution < -0.4 is 5.14 Å². The summed E-state index contributed by atoms with van der Waals surface area (Å²) in [4.78, 5) is 10.4. The summed E-state index contributed by atoms with van der Waals surface area (Å²) in [5.41, 5.74) is 0.671. The highest BCUT2D eigenvalue weighted by molar-refractivity contribution is 7.89. The van der Waals surface area contributed by atoms with Crippen molar-refractivity contribution < 1.29 is 13.3 Å². The van der Waals surface area contributed by atoms with Crippen LogP contribution in [-0.2, 0) is 22.9 Å². The molecule has 0 amide bonds. The van der Waals surface area contributed by atoms with Crippen molar-refractivity contribution in [1.29, 1.82) is 0 Å². The van der Waals surface area contributed by atoms with E-state index in [1.165, 1.54) is 12.1 Å². The van der Waals surface area contributed by atoms with Gasteiger partial charge in [-0.25, -0.2) is 13.6 Å². The maximum Gasteiger partial charge on any atom is 0.274 e. The van der Waals surface area contributed by atoms with Gasteiger partial charge >= 0.3 is 0 Å². The molecule has 0 saturated carbocycles. The molecule has 0 spiro atoms. The van der Waals surface area contributed by atoms with Gasteiger partial charge in [-0.3, -0.25) is 10.1 Å². The van der Waals surface area contributed by atoms with E-state index in [1.54, 1.807) is 0 Å². The first-order valence-corrected chi connectivity index (χ1v) is 7.68. The number of hydrogen-bond acceptors (Lipinski definition) is 4. The molecule has 0 bridgehead atoms. The van der Waals surface area contributed by atoms with Crippen molar-refractivity contribution in [3.8, 4) is 0 Å². The SMILES string of the molecule is CCCc1cc([N+](=O)[O-])c(CCC)c(S(N)(=O)=O)c1. The number of nitro benzene ring substituents is 1. The third kappa shape index (κ3) is 3.74. The molecule has 1 aromatic rings. The standard InChI is InChI=1S/C12H18N2O4S/c1-3-5-9-7-11(14(15)16)10(6-4-2)12(8-9)19(13,17)18/h7-8H,3-6H2,1-2H3,(H2,13,17,18). The van der Waals surface area contributed by atoms with Gasteiger partial charge in [0.25, 0.3) is 5.69 Å². The van der Waals surface area contributed by atoms with Crippen LogP contribution in [0.15, 0.2) is 17.0 Å². The number of aryl methyl sites for hydroxylation is 1. The van der Waals surface area contributed by atoms with Gasteiger partial charge in [-0.05, 0) is 24.5 Å². The quantitative estimate of drug-likeness (QED) is 0.639. The van der Waals surface area contributed by atoms with Crippen molar-refractivity contribution in [2.75, 3.05) is 0 Å². The first-order valence-electron chi connectivity index (χ1n) is 6.14. The number of rotatable bonds is 6. The lowest BCUT2D eigenvalue weighted by Gasteiger charge is -2.10. The minimum absolute atomic E-state index is 0.119. The average Bonchev–Trinajstić information content (AvgIpc) is 2.29. The number of hydrogen-bond donors (Lipinski definition) is 1. The summed E-state index contributed by atoms with van der Waals surface area (Å²) in [5.74, 6) is 0. The predicted molar refractivity (Wildman–Crippen MR) is 72.5 cm³/mol. The second kappa shape index (κ2) is 6.12. The molecule has 19 heavy (non-hydrogen) atoms. The zero-order valence-corrected chi connectivity index (χ0v) is 11.9. The van der Waals surface area contributed by atoms with Crippen molar-refractivity contribution in [2.24, 2.45) is 5.14 Å². The smallest absolute Gasteiger partial charge is 0.258 e. The fourth-order valence-electron chi connectivity index (χ4n) is 2.04. The molecule has 0 aliphatic carbocycles. The maximum atomic E-state index is 11.6. The first-order chi connectivity index (χ1) is 8.81. The van der Waals surface area contributed by atoms with Crippen molar-refractivity contribution in [2.45, 2.75) is 44.4 Å². The highest BCUT2D eigenvalue weighted by Crippen LogP contribution is 2.29. The monoisotopic (exact) mass is 286 g/mol. The van der Waals surface area contributed by atoms with Gasteiger partial charge in [-0.15, -0.1) is 0 Å². The lowest BCUT2D eigenvalue weighted by molar-refractivity contribution is -0.385. The Hall–Kier alpha value is -1.47. The van der Waals surface area contributed by atoms with E-state index in [2.05, 4.69) is 0 Å². The van der Waals surface area contributed by atoms with E-state index in [4.69, 9.17) is 5.14 Å². The molecule has 1 rings (SSSR count). The third-order valence-electron chi connectivity index (χ3n) is 2.79. The molecule has 0 aliphatic heterocycles. The molecule has 0 atom stereocenters. The Labute approximate surface area is 112 Å². The minimum Gasteiger partial charge on any atom is -0.258 e. The Morgan fingerprint density at radius 3 is 2.21 bits per heavy atom. The Balaban J connectivity index is 3.60. The molecule has 0 heterocycles. The summed E-state index contributed by atoms with van der Waals surface area (Å²) in [7, 11) is -3.96. The molecule has 1 aromatic carbocycles. The molecule has 2 N–H and O–H groups in total. The zero-order valence-electron chi connectivity index (χ0n) is 11.0. The van der Waals surface area contributed by atoms with E-state index in [0.29, 0.717) is 24.8 Å². The molecular formula is C12H18N2O4S. The number of nitro groups is 1. The summed E-state index contributed by atoms with van der Waals surface area (Å²) in [6, 6.07) is 2.90. The van der Waals surface area contributed by atoms with Gasteiger partial charge in [0.15, 0.2) is 0 Å². The number of nitrogens with zero attached hydrogens (tertiary/aromatic N) is 1. The van der Waals surface area contributed by atoms with Gasteiger partial charge in [0, 0.05) is 11.6 Å². The Kier molecular flexibility index (Phi) is 5.02. The Bertz CT molecular complexity index is 582. The zero-order chi connectivity index (χ0) is 14.6. The van der Waals surface area contributed by atoms with E-state index in [9.17, 15) is 18.5 Å². The van der Waals surface area contributed by atoms with Crippen molar-refractivity contribution in [3.05, 3.63) is 33.4 Å². The first kappa shape index (κ1) is 15.6. The topological polar surface area (TPSA) is 103 Å². The number of sulfonamides is 1. The van der Waals surface area contributed by atoms with Crippen LogP contribution in [0.2, 0.25) is 0 Å². The van der Waals surface area contributed by atoms with Crippen molar-refractivity contribution in [1.82, 2.24) is 0 Å². The van der Waals surface area contributed by atoms with Crippen LogP contribution in [0.4, 0.5) is 5.69 Å². The maximum absolute atomic E-state index is 11.6. The second-order valence-electron chi connectivity index (χ2n) is 4.39. The molecule has 0 radical (unpaired) electrons. The fourth-order valence-corrected chi connectivity index (χ4v) is 2.90. The highest BCUT2D eigenvalue weighted by atomic mass is 32.2. The van der Waals surface area contributed by atoms with Crippen molar-refractivity contribution >= 4 is 15.7 Å². The molecule has 0 aliphatic rings. The molecule has 6 nitrogen and oxygen atoms in total. The normalized spacial score (nSPS) is 11.5. The highest BCUT2D eigenvalue weighted by Gasteiger charge is 2.24. The van der Waals surface area contributed by atoms with Gasteiger partial charge in [0.2, 0.25) is 10.0 Å². The summed E-state index contributed by atoms with van der Waals surface area (Å²) in [6.07, 6.45) is 2.27. The van der Waals surface area contributed by atoms with Crippen LogP contribution in [0.25, 0.3) is 0 Å². The number of nitrogens with two attached hydrogens (primary N) is 1. The average molecular weight is 286 g/mol. The van der Waals surface area contributed by atoms with E-state index in [-0.39, 0.29) is 16.1 Å². The fraction of sp³-hybridized carbons (Fsp3) is 0.500. The summed E-state index contributed by atoms with van der Waals surface area (Å²) < 4.78 is 23.2. The molecule has 7 heteroatoms. The molecule has 106 valence electrons. The van der Waals surface area contributed by atoms with Gasteiger partial charge in [-0.1, -0.05) is 26.7 Å². The largest absolute Gasteiger partial charge is 0.274 e. The predicted octanol–water partition coefficient (Wildman–Crippen LogP) is 2.15. The minimum atomic E-state index is -3.96. The van der Waals surface area contributed by atoms with Gasteiger partial charge < -0.3 is 0 Å². The summed E-state index contributed by atoms with van der Waals surface area (Å²) >= 11 is 0. The van der Waals surface area contributed by atoms with Gasteiger partial charge in [0.1, 0.15) is 0 Å². The van der Waals surface area contributed by atoms with Crippen LogP contribution in [0.3, 0.4) is 0 Å². The molecular weight excluding hydrogens is 268 g/mol. The van der Waals surface area contributed by atoms with Crippen molar-refractivity contribution in [3.63, 3.8) is 0 Å². The van der Waals surface area contributed by atoms with E-state index < -0.39 is 14.9 Å². The third-order valence-corrected chi connectivity index (χ3v) is 3.76.